The standard InChI is InChI=1S/C19H15BrFN5O2/c1-10-16-18(25-19(23-10)28-2)26(9-11-3-4-14(27)6-15(11)21)17(24-16)12-5-13(20)8-22-7-12/h3-8,27H,9H2,1-2H3. The first-order valence-electron chi connectivity index (χ1n) is 8.33. The van der Waals surface area contributed by atoms with Crippen molar-refractivity contribution in [2.75, 3.05) is 7.11 Å². The first-order chi connectivity index (χ1) is 13.5. The van der Waals surface area contributed by atoms with Crippen molar-refractivity contribution in [3.8, 4) is 23.1 Å². The number of aromatic hydroxyl groups is 1. The van der Waals surface area contributed by atoms with Gasteiger partial charge in [-0.25, -0.2) is 9.37 Å². The van der Waals surface area contributed by atoms with E-state index in [4.69, 9.17) is 9.72 Å². The molecule has 4 aromatic rings. The van der Waals surface area contributed by atoms with E-state index in [2.05, 4.69) is 30.9 Å². The number of rotatable bonds is 4. The van der Waals surface area contributed by atoms with Gasteiger partial charge in [-0.3, -0.25) is 4.98 Å². The van der Waals surface area contributed by atoms with Gasteiger partial charge in [-0.2, -0.15) is 9.97 Å². The third kappa shape index (κ3) is 3.29. The van der Waals surface area contributed by atoms with E-state index in [0.717, 1.165) is 16.1 Å². The fourth-order valence-electron chi connectivity index (χ4n) is 2.94. The molecule has 0 spiro atoms. The third-order valence-electron chi connectivity index (χ3n) is 4.26. The van der Waals surface area contributed by atoms with Crippen LogP contribution in [0.25, 0.3) is 22.6 Å². The Morgan fingerprint density at radius 1 is 1.18 bits per heavy atom. The van der Waals surface area contributed by atoms with E-state index in [9.17, 15) is 9.50 Å². The van der Waals surface area contributed by atoms with Crippen LogP contribution in [0.5, 0.6) is 11.8 Å². The molecule has 4 rings (SSSR count). The van der Waals surface area contributed by atoms with E-state index in [0.29, 0.717) is 28.2 Å². The molecule has 3 heterocycles. The lowest BCUT2D eigenvalue weighted by atomic mass is 10.2. The zero-order valence-electron chi connectivity index (χ0n) is 15.0. The van der Waals surface area contributed by atoms with E-state index in [1.165, 1.54) is 19.2 Å². The zero-order chi connectivity index (χ0) is 19.8. The summed E-state index contributed by atoms with van der Waals surface area (Å²) in [6.45, 7) is 1.97. The van der Waals surface area contributed by atoms with Crippen molar-refractivity contribution in [1.29, 1.82) is 0 Å². The predicted molar refractivity (Wildman–Crippen MR) is 105 cm³/mol. The van der Waals surface area contributed by atoms with Gasteiger partial charge < -0.3 is 14.4 Å². The second-order valence-corrected chi connectivity index (χ2v) is 7.07. The Morgan fingerprint density at radius 3 is 2.71 bits per heavy atom. The Kier molecular flexibility index (Phi) is 4.68. The molecule has 28 heavy (non-hydrogen) atoms. The van der Waals surface area contributed by atoms with Gasteiger partial charge in [-0.1, -0.05) is 6.07 Å². The van der Waals surface area contributed by atoms with Gasteiger partial charge in [-0.15, -0.1) is 0 Å². The Hall–Kier alpha value is -3.07. The lowest BCUT2D eigenvalue weighted by molar-refractivity contribution is 0.380. The van der Waals surface area contributed by atoms with Crippen LogP contribution in [0.15, 0.2) is 41.1 Å². The van der Waals surface area contributed by atoms with Crippen molar-refractivity contribution in [2.45, 2.75) is 13.5 Å². The minimum Gasteiger partial charge on any atom is -0.508 e. The molecule has 0 bridgehead atoms. The van der Waals surface area contributed by atoms with Gasteiger partial charge in [0.1, 0.15) is 22.9 Å². The topological polar surface area (TPSA) is 86.0 Å². The highest BCUT2D eigenvalue weighted by Gasteiger charge is 2.19. The highest BCUT2D eigenvalue weighted by Crippen LogP contribution is 2.29. The molecule has 0 aliphatic heterocycles. The van der Waals surface area contributed by atoms with E-state index < -0.39 is 5.82 Å². The number of aryl methyl sites for hydroxylation is 1. The number of ether oxygens (including phenoxy) is 1. The van der Waals surface area contributed by atoms with E-state index in [1.807, 2.05) is 13.0 Å². The number of halogens is 2. The summed E-state index contributed by atoms with van der Waals surface area (Å²) in [7, 11) is 1.49. The number of nitrogens with zero attached hydrogens (tertiary/aromatic N) is 5. The Bertz CT molecular complexity index is 1190. The first-order valence-corrected chi connectivity index (χ1v) is 9.12. The van der Waals surface area contributed by atoms with Crippen molar-refractivity contribution in [2.24, 2.45) is 0 Å². The smallest absolute Gasteiger partial charge is 0.318 e. The number of phenols is 1. The first kappa shape index (κ1) is 18.3. The van der Waals surface area contributed by atoms with Crippen LogP contribution >= 0.6 is 15.9 Å². The molecule has 1 N–H and O–H groups in total. The molecule has 0 fully saturated rings. The molecule has 1 aromatic carbocycles. The molecule has 0 saturated carbocycles. The van der Waals surface area contributed by atoms with Crippen LogP contribution < -0.4 is 4.74 Å². The van der Waals surface area contributed by atoms with Crippen molar-refractivity contribution >= 4 is 27.1 Å². The number of aromatic nitrogens is 5. The van der Waals surface area contributed by atoms with E-state index >= 15 is 0 Å². The van der Waals surface area contributed by atoms with Crippen LogP contribution in [-0.2, 0) is 6.54 Å². The molecule has 0 amide bonds. The number of phenolic OH excluding ortho intramolecular Hbond substituents is 1. The molecule has 9 heteroatoms. The number of fused-ring (bicyclic) bond motifs is 1. The van der Waals surface area contributed by atoms with Gasteiger partial charge in [0.15, 0.2) is 5.65 Å². The molecule has 0 atom stereocenters. The van der Waals surface area contributed by atoms with Crippen LogP contribution in [0.1, 0.15) is 11.3 Å². The maximum atomic E-state index is 14.4. The molecule has 0 aliphatic rings. The zero-order valence-corrected chi connectivity index (χ0v) is 16.6. The lowest BCUT2D eigenvalue weighted by Gasteiger charge is -2.10. The normalized spacial score (nSPS) is 11.1. The van der Waals surface area contributed by atoms with Gasteiger partial charge in [0.2, 0.25) is 0 Å². The summed E-state index contributed by atoms with van der Waals surface area (Å²) < 4.78 is 22.2. The summed E-state index contributed by atoms with van der Waals surface area (Å²) in [5.41, 5.74) is 2.89. The van der Waals surface area contributed by atoms with Crippen molar-refractivity contribution in [3.05, 3.63) is 58.2 Å². The number of pyridine rings is 1. The highest BCUT2D eigenvalue weighted by atomic mass is 79.9. The minimum absolute atomic E-state index is 0.131. The van der Waals surface area contributed by atoms with Crippen LogP contribution in [-0.4, -0.2) is 36.7 Å². The molecular weight excluding hydrogens is 429 g/mol. The average molecular weight is 444 g/mol. The van der Waals surface area contributed by atoms with Gasteiger partial charge in [0.05, 0.1) is 19.3 Å². The molecule has 0 aliphatic carbocycles. The molecule has 142 valence electrons. The Balaban J connectivity index is 1.97. The highest BCUT2D eigenvalue weighted by molar-refractivity contribution is 9.10. The third-order valence-corrected chi connectivity index (χ3v) is 4.69. The fourth-order valence-corrected chi connectivity index (χ4v) is 3.31. The van der Waals surface area contributed by atoms with Crippen LogP contribution in [0, 0.1) is 12.7 Å². The second-order valence-electron chi connectivity index (χ2n) is 6.16. The van der Waals surface area contributed by atoms with Gasteiger partial charge in [-0.05, 0) is 35.0 Å². The van der Waals surface area contributed by atoms with Crippen LogP contribution in [0.4, 0.5) is 4.39 Å². The monoisotopic (exact) mass is 443 g/mol. The summed E-state index contributed by atoms with van der Waals surface area (Å²) in [6, 6.07) is 6.13. The van der Waals surface area contributed by atoms with Gasteiger partial charge in [0.25, 0.3) is 0 Å². The number of imidazole rings is 1. The molecule has 0 radical (unpaired) electrons. The van der Waals surface area contributed by atoms with E-state index in [1.54, 1.807) is 17.0 Å². The largest absolute Gasteiger partial charge is 0.508 e. The molecule has 0 unspecified atom stereocenters. The lowest BCUT2D eigenvalue weighted by Crippen LogP contribution is -2.06. The number of methoxy groups -OCH3 is 1. The average Bonchev–Trinajstić information content (AvgIpc) is 3.03. The molecular formula is C19H15BrFN5O2. The minimum atomic E-state index is -0.516. The van der Waals surface area contributed by atoms with Crippen molar-refractivity contribution < 1.29 is 14.2 Å². The van der Waals surface area contributed by atoms with Crippen LogP contribution in [0.3, 0.4) is 0 Å². The number of hydrogen-bond acceptors (Lipinski definition) is 6. The maximum absolute atomic E-state index is 14.4. The fraction of sp³-hybridized carbons (Fsp3) is 0.158. The summed E-state index contributed by atoms with van der Waals surface area (Å²) in [5, 5.41) is 9.49. The summed E-state index contributed by atoms with van der Waals surface area (Å²) in [4.78, 5) is 17.6. The van der Waals surface area contributed by atoms with Crippen molar-refractivity contribution in [3.63, 3.8) is 0 Å². The number of hydrogen-bond donors (Lipinski definition) is 1. The second kappa shape index (κ2) is 7.16. The van der Waals surface area contributed by atoms with E-state index in [-0.39, 0.29) is 18.3 Å². The van der Waals surface area contributed by atoms with Gasteiger partial charge >= 0.3 is 6.01 Å². The molecule has 7 nitrogen and oxygen atoms in total. The van der Waals surface area contributed by atoms with Crippen LogP contribution in [0.2, 0.25) is 0 Å². The van der Waals surface area contributed by atoms with Gasteiger partial charge in [0, 0.05) is 34.1 Å². The van der Waals surface area contributed by atoms with Crippen molar-refractivity contribution in [1.82, 2.24) is 24.5 Å². The Labute approximate surface area is 168 Å². The summed E-state index contributed by atoms with van der Waals surface area (Å²) >= 11 is 3.42. The Morgan fingerprint density at radius 2 is 2.00 bits per heavy atom. The predicted octanol–water partition coefficient (Wildman–Crippen LogP) is 3.86. The SMILES string of the molecule is COc1nc(C)c2nc(-c3cncc(Br)c3)n(Cc3ccc(O)cc3F)c2n1. The summed E-state index contributed by atoms with van der Waals surface area (Å²) in [5.74, 6) is -0.0761. The number of benzene rings is 1. The molecule has 3 aromatic heterocycles. The summed E-state index contributed by atoms with van der Waals surface area (Å²) in [6.07, 6.45) is 3.35. The quantitative estimate of drug-likeness (QED) is 0.515. The molecule has 0 saturated heterocycles. The maximum Gasteiger partial charge on any atom is 0.318 e.